The molecule has 0 aliphatic rings. The van der Waals surface area contributed by atoms with Crippen LogP contribution < -0.4 is 10.4 Å². The summed E-state index contributed by atoms with van der Waals surface area (Å²) in [6.07, 6.45) is 0. The molecule has 5 nitrogen and oxygen atoms in total. The molecule has 2 heterocycles. The number of halogens is 1. The fourth-order valence-corrected chi connectivity index (χ4v) is 5.15. The van der Waals surface area contributed by atoms with Crippen molar-refractivity contribution in [3.8, 4) is 16.9 Å². The van der Waals surface area contributed by atoms with Gasteiger partial charge < -0.3 is 4.57 Å². The molecule has 0 unspecified atom stereocenters. The third-order valence-corrected chi connectivity index (χ3v) is 7.24. The van der Waals surface area contributed by atoms with Crippen molar-refractivity contribution < 1.29 is 0 Å². The lowest BCUT2D eigenvalue weighted by molar-refractivity contribution is 0.630. The average molecular weight is 531 g/mol. The highest BCUT2D eigenvalue weighted by atomic mass is 79.9. The topological polar surface area (TPSA) is 44.2 Å². The number of hydrogen-bond acceptors (Lipinski definition) is 3. The van der Waals surface area contributed by atoms with Gasteiger partial charge in [-0.25, -0.2) is 9.67 Å². The maximum Gasteiger partial charge on any atom is 0.297 e. The summed E-state index contributed by atoms with van der Waals surface area (Å²) in [7, 11) is 1.89. The summed E-state index contributed by atoms with van der Waals surface area (Å²) >= 11 is 5.07. The molecule has 2 aromatic heterocycles. The average Bonchev–Trinajstić information content (AvgIpc) is 3.34. The third-order valence-electron chi connectivity index (χ3n) is 5.85. The van der Waals surface area contributed by atoms with E-state index in [1.807, 2.05) is 79.3 Å². The van der Waals surface area contributed by atoms with E-state index in [9.17, 15) is 4.79 Å². The van der Waals surface area contributed by atoms with Gasteiger partial charge in [-0.05, 0) is 42.3 Å². The first-order valence-electron chi connectivity index (χ1n) is 10.9. The van der Waals surface area contributed by atoms with Crippen LogP contribution in [0.15, 0.2) is 105 Å². The second-order valence-corrected chi connectivity index (χ2v) is 9.76. The lowest BCUT2D eigenvalue weighted by atomic mass is 10.1. The van der Waals surface area contributed by atoms with Gasteiger partial charge in [0.05, 0.1) is 23.6 Å². The van der Waals surface area contributed by atoms with Crippen molar-refractivity contribution in [2.75, 3.05) is 0 Å². The molecule has 0 saturated carbocycles. The zero-order valence-corrected chi connectivity index (χ0v) is 21.3. The normalized spacial score (nSPS) is 11.8. The maximum absolute atomic E-state index is 13.4. The molecule has 0 amide bonds. The van der Waals surface area contributed by atoms with Gasteiger partial charge in [0.2, 0.25) is 0 Å². The Hall–Kier alpha value is -3.42. The molecule has 0 radical (unpaired) electrons. The molecular weight excluding hydrogens is 508 g/mol. The Morgan fingerprint density at radius 2 is 1.56 bits per heavy atom. The standard InChI is InChI=1S/C27H23BrN4OS/c1-19-25(26(33)32(30(19)2)23-11-7-4-8-12-23)29-27-31(17-20-9-5-3-6-10-20)24(18-34-27)21-13-15-22(28)16-14-21/h3-16,18H,17H2,1-2H3. The van der Waals surface area contributed by atoms with E-state index < -0.39 is 0 Å². The molecule has 5 rings (SSSR count). The Morgan fingerprint density at radius 3 is 2.24 bits per heavy atom. The molecule has 0 atom stereocenters. The van der Waals surface area contributed by atoms with Gasteiger partial charge in [-0.2, -0.15) is 0 Å². The number of thiazole rings is 1. The van der Waals surface area contributed by atoms with Gasteiger partial charge >= 0.3 is 0 Å². The van der Waals surface area contributed by atoms with Crippen LogP contribution in [0.4, 0.5) is 5.69 Å². The predicted octanol–water partition coefficient (Wildman–Crippen LogP) is 6.06. The van der Waals surface area contributed by atoms with Gasteiger partial charge in [0.15, 0.2) is 10.5 Å². The van der Waals surface area contributed by atoms with Gasteiger partial charge in [0.1, 0.15) is 0 Å². The Labute approximate surface area is 210 Å². The van der Waals surface area contributed by atoms with Crippen LogP contribution in [0.2, 0.25) is 0 Å². The number of rotatable bonds is 5. The van der Waals surface area contributed by atoms with E-state index in [1.54, 1.807) is 16.0 Å². The number of para-hydroxylation sites is 1. The molecule has 3 aromatic carbocycles. The van der Waals surface area contributed by atoms with Gasteiger partial charge in [0.25, 0.3) is 5.56 Å². The lowest BCUT2D eigenvalue weighted by Gasteiger charge is -2.09. The highest BCUT2D eigenvalue weighted by Gasteiger charge is 2.17. The van der Waals surface area contributed by atoms with Crippen molar-refractivity contribution in [1.29, 1.82) is 0 Å². The van der Waals surface area contributed by atoms with Gasteiger partial charge in [-0.3, -0.25) is 9.48 Å². The van der Waals surface area contributed by atoms with Crippen molar-refractivity contribution in [1.82, 2.24) is 13.9 Å². The van der Waals surface area contributed by atoms with Crippen LogP contribution in [0.3, 0.4) is 0 Å². The van der Waals surface area contributed by atoms with Gasteiger partial charge in [-0.15, -0.1) is 11.3 Å². The Morgan fingerprint density at radius 1 is 0.912 bits per heavy atom. The van der Waals surface area contributed by atoms with Crippen molar-refractivity contribution >= 4 is 33.0 Å². The number of benzene rings is 3. The monoisotopic (exact) mass is 530 g/mol. The smallest absolute Gasteiger partial charge is 0.297 e. The van der Waals surface area contributed by atoms with E-state index in [0.717, 1.165) is 31.9 Å². The molecule has 170 valence electrons. The third kappa shape index (κ3) is 4.24. The minimum Gasteiger partial charge on any atom is -0.312 e. The molecular formula is C27H23BrN4OS. The Balaban J connectivity index is 1.70. The van der Waals surface area contributed by atoms with E-state index >= 15 is 0 Å². The molecule has 7 heteroatoms. The minimum absolute atomic E-state index is 0.129. The Bertz CT molecular complexity index is 1560. The van der Waals surface area contributed by atoms with Crippen molar-refractivity contribution in [3.05, 3.63) is 121 Å². The Kier molecular flexibility index (Phi) is 6.22. The zero-order valence-electron chi connectivity index (χ0n) is 18.9. The zero-order chi connectivity index (χ0) is 23.7. The second kappa shape index (κ2) is 9.44. The van der Waals surface area contributed by atoms with Crippen molar-refractivity contribution in [2.24, 2.45) is 12.0 Å². The highest BCUT2D eigenvalue weighted by molar-refractivity contribution is 9.10. The summed E-state index contributed by atoms with van der Waals surface area (Å²) in [5.41, 5.74) is 5.30. The van der Waals surface area contributed by atoms with Crippen LogP contribution in [-0.4, -0.2) is 13.9 Å². The number of nitrogens with zero attached hydrogens (tertiary/aromatic N) is 4. The lowest BCUT2D eigenvalue weighted by Crippen LogP contribution is -2.20. The molecule has 0 bridgehead atoms. The molecule has 0 N–H and O–H groups in total. The van der Waals surface area contributed by atoms with Crippen LogP contribution in [0.1, 0.15) is 11.3 Å². The van der Waals surface area contributed by atoms with Crippen LogP contribution in [-0.2, 0) is 13.6 Å². The molecule has 0 fully saturated rings. The van der Waals surface area contributed by atoms with Crippen LogP contribution in [0.5, 0.6) is 0 Å². The summed E-state index contributed by atoms with van der Waals surface area (Å²) in [5.74, 6) is 0. The van der Waals surface area contributed by atoms with Gasteiger partial charge in [0, 0.05) is 16.9 Å². The summed E-state index contributed by atoms with van der Waals surface area (Å²) in [6, 6.07) is 28.2. The molecule has 0 spiro atoms. The fraction of sp³-hybridized carbons (Fsp3) is 0.111. The molecule has 0 aliphatic heterocycles. The van der Waals surface area contributed by atoms with E-state index in [2.05, 4.69) is 50.1 Å². The molecule has 5 aromatic rings. The van der Waals surface area contributed by atoms with E-state index in [4.69, 9.17) is 4.99 Å². The fourth-order valence-electron chi connectivity index (χ4n) is 3.97. The van der Waals surface area contributed by atoms with Gasteiger partial charge in [-0.1, -0.05) is 76.6 Å². The maximum atomic E-state index is 13.4. The first-order valence-corrected chi connectivity index (χ1v) is 12.6. The van der Waals surface area contributed by atoms with Crippen molar-refractivity contribution in [3.63, 3.8) is 0 Å². The molecule has 0 saturated heterocycles. The van der Waals surface area contributed by atoms with Crippen LogP contribution in [0.25, 0.3) is 16.9 Å². The first-order chi connectivity index (χ1) is 16.5. The van der Waals surface area contributed by atoms with E-state index in [-0.39, 0.29) is 5.56 Å². The summed E-state index contributed by atoms with van der Waals surface area (Å²) in [5, 5.41) is 2.11. The van der Waals surface area contributed by atoms with Crippen LogP contribution in [0, 0.1) is 6.92 Å². The first kappa shape index (κ1) is 22.4. The largest absolute Gasteiger partial charge is 0.312 e. The van der Waals surface area contributed by atoms with Crippen LogP contribution >= 0.6 is 27.3 Å². The van der Waals surface area contributed by atoms with E-state index in [0.29, 0.717) is 12.2 Å². The number of hydrogen-bond donors (Lipinski definition) is 0. The van der Waals surface area contributed by atoms with E-state index in [1.165, 1.54) is 5.56 Å². The summed E-state index contributed by atoms with van der Waals surface area (Å²) < 4.78 is 6.75. The SMILES string of the molecule is Cc1c(N=c2scc(-c3ccc(Br)cc3)n2Cc2ccccc2)c(=O)n(-c2ccccc2)n1C. The second-order valence-electron chi connectivity index (χ2n) is 8.00. The summed E-state index contributed by atoms with van der Waals surface area (Å²) in [4.78, 5) is 19.1. The highest BCUT2D eigenvalue weighted by Crippen LogP contribution is 2.24. The molecule has 34 heavy (non-hydrogen) atoms. The minimum atomic E-state index is -0.129. The predicted molar refractivity (Wildman–Crippen MR) is 142 cm³/mol. The summed E-state index contributed by atoms with van der Waals surface area (Å²) in [6.45, 7) is 2.60. The quantitative estimate of drug-likeness (QED) is 0.272. The molecule has 0 aliphatic carbocycles. The van der Waals surface area contributed by atoms with Crippen molar-refractivity contribution in [2.45, 2.75) is 13.5 Å². The number of aromatic nitrogens is 3.